The van der Waals surface area contributed by atoms with E-state index in [4.69, 9.17) is 0 Å². The van der Waals surface area contributed by atoms with Gasteiger partial charge in [0.25, 0.3) is 11.8 Å². The van der Waals surface area contributed by atoms with Crippen molar-refractivity contribution in [2.24, 2.45) is 5.92 Å². The maximum Gasteiger partial charge on any atom is 0.344 e. The van der Waals surface area contributed by atoms with Crippen molar-refractivity contribution in [2.45, 2.75) is 43.0 Å². The van der Waals surface area contributed by atoms with Gasteiger partial charge in [0.1, 0.15) is 5.54 Å². The Kier molecular flexibility index (Phi) is 5.20. The van der Waals surface area contributed by atoms with E-state index in [1.165, 1.54) is 38.4 Å². The predicted octanol–water partition coefficient (Wildman–Crippen LogP) is 1.08. The highest BCUT2D eigenvalue weighted by atomic mass is 32.2. The summed E-state index contributed by atoms with van der Waals surface area (Å²) >= 11 is 0. The Morgan fingerprint density at radius 2 is 1.75 bits per heavy atom. The summed E-state index contributed by atoms with van der Waals surface area (Å²) in [5.74, 6) is -0.626. The van der Waals surface area contributed by atoms with Gasteiger partial charge in [0.2, 0.25) is 10.0 Å². The molecule has 2 fully saturated rings. The Labute approximate surface area is 164 Å². The molecule has 2 aliphatic rings. The fraction of sp³-hybridized carbons (Fsp3) is 0.500. The van der Waals surface area contributed by atoms with Crippen LogP contribution in [0.4, 0.5) is 4.79 Å². The second kappa shape index (κ2) is 7.17. The Hall–Kier alpha value is -2.46. The third-order valence-corrected chi connectivity index (χ3v) is 7.23. The molecule has 1 aromatic carbocycles. The molecular weight excluding hydrogens is 384 g/mol. The Balaban J connectivity index is 1.73. The molecule has 152 valence electrons. The Morgan fingerprint density at radius 1 is 1.18 bits per heavy atom. The lowest BCUT2D eigenvalue weighted by Crippen LogP contribution is -2.51. The van der Waals surface area contributed by atoms with Crippen LogP contribution in [0, 0.1) is 5.92 Å². The maximum atomic E-state index is 12.8. The molecule has 0 atom stereocenters. The second-order valence-electron chi connectivity index (χ2n) is 7.59. The number of nitrogens with zero attached hydrogens (tertiary/aromatic N) is 2. The highest BCUT2D eigenvalue weighted by molar-refractivity contribution is 7.89. The predicted molar refractivity (Wildman–Crippen MR) is 101 cm³/mol. The normalized spacial score (nSPS) is 25.3. The van der Waals surface area contributed by atoms with Crippen LogP contribution in [-0.2, 0) is 14.8 Å². The molecular formula is C18H24N4O5S. The van der Waals surface area contributed by atoms with Crippen molar-refractivity contribution in [2.75, 3.05) is 14.1 Å². The van der Waals surface area contributed by atoms with Gasteiger partial charge >= 0.3 is 6.03 Å². The largest absolute Gasteiger partial charge is 0.344 e. The Morgan fingerprint density at radius 3 is 2.29 bits per heavy atom. The Bertz CT molecular complexity index is 902. The number of hydrazine groups is 1. The molecule has 1 aliphatic heterocycles. The molecule has 28 heavy (non-hydrogen) atoms. The van der Waals surface area contributed by atoms with Gasteiger partial charge in [-0.2, -0.15) is 5.01 Å². The second-order valence-corrected chi connectivity index (χ2v) is 9.74. The zero-order valence-corrected chi connectivity index (χ0v) is 16.9. The average Bonchev–Trinajstić information content (AvgIpc) is 2.88. The summed E-state index contributed by atoms with van der Waals surface area (Å²) in [7, 11) is -0.785. The van der Waals surface area contributed by atoms with Crippen molar-refractivity contribution in [3.05, 3.63) is 29.8 Å². The summed E-state index contributed by atoms with van der Waals surface area (Å²) in [5, 5.41) is 3.45. The first-order valence-electron chi connectivity index (χ1n) is 9.07. The number of amides is 4. The van der Waals surface area contributed by atoms with Gasteiger partial charge in [-0.05, 0) is 55.9 Å². The summed E-state index contributed by atoms with van der Waals surface area (Å²) in [6.45, 7) is 2.10. The lowest BCUT2D eigenvalue weighted by molar-refractivity contribution is -0.134. The first-order chi connectivity index (χ1) is 13.1. The quantitative estimate of drug-likeness (QED) is 0.724. The number of nitrogens with one attached hydrogen (secondary N) is 2. The van der Waals surface area contributed by atoms with Gasteiger partial charge in [-0.15, -0.1) is 0 Å². The number of sulfonamides is 1. The smallest absolute Gasteiger partial charge is 0.322 e. The number of urea groups is 1. The number of hydrogen-bond acceptors (Lipinski definition) is 5. The molecule has 2 N–H and O–H groups in total. The molecule has 0 aromatic heterocycles. The van der Waals surface area contributed by atoms with Crippen LogP contribution >= 0.6 is 0 Å². The SMILES string of the molecule is CC1CCC2(CC1)NC(=O)N(NC(=O)c1ccc(S(=O)(=O)N(C)C)cc1)C2=O. The topological polar surface area (TPSA) is 116 Å². The van der Waals surface area contributed by atoms with E-state index in [2.05, 4.69) is 17.7 Å². The van der Waals surface area contributed by atoms with Crippen molar-refractivity contribution < 1.29 is 22.8 Å². The van der Waals surface area contributed by atoms with Crippen LogP contribution < -0.4 is 10.7 Å². The van der Waals surface area contributed by atoms with Crippen molar-refractivity contribution in [3.63, 3.8) is 0 Å². The van der Waals surface area contributed by atoms with Crippen LogP contribution in [0.15, 0.2) is 29.2 Å². The minimum absolute atomic E-state index is 0.0410. The fourth-order valence-corrected chi connectivity index (χ4v) is 4.37. The van der Waals surface area contributed by atoms with Crippen molar-refractivity contribution >= 4 is 27.9 Å². The van der Waals surface area contributed by atoms with Crippen LogP contribution in [0.1, 0.15) is 43.0 Å². The van der Waals surface area contributed by atoms with Gasteiger partial charge in [0.05, 0.1) is 4.90 Å². The highest BCUT2D eigenvalue weighted by Gasteiger charge is 2.52. The van der Waals surface area contributed by atoms with E-state index in [1.54, 1.807) is 0 Å². The molecule has 1 heterocycles. The number of hydrogen-bond donors (Lipinski definition) is 2. The van der Waals surface area contributed by atoms with Crippen LogP contribution in [0.3, 0.4) is 0 Å². The van der Waals surface area contributed by atoms with Gasteiger partial charge in [-0.3, -0.25) is 15.0 Å². The first-order valence-corrected chi connectivity index (χ1v) is 10.5. The van der Waals surface area contributed by atoms with Gasteiger partial charge in [0, 0.05) is 19.7 Å². The number of imide groups is 1. The van der Waals surface area contributed by atoms with Gasteiger partial charge in [0.15, 0.2) is 0 Å². The summed E-state index contributed by atoms with van der Waals surface area (Å²) in [4.78, 5) is 37.5. The van der Waals surface area contributed by atoms with Gasteiger partial charge < -0.3 is 5.32 Å². The molecule has 0 bridgehead atoms. The number of carbonyl (C=O) groups is 3. The van der Waals surface area contributed by atoms with Crippen LogP contribution in [0.2, 0.25) is 0 Å². The molecule has 0 unspecified atom stereocenters. The molecule has 0 radical (unpaired) electrons. The standard InChI is InChI=1S/C18H24N4O5S/c1-12-8-10-18(11-9-12)16(24)22(17(25)19-18)20-15(23)13-4-6-14(7-5-13)28(26,27)21(2)3/h4-7,12H,8-11H2,1-3H3,(H,19,25)(H,20,23). The third-order valence-electron chi connectivity index (χ3n) is 5.40. The molecule has 1 spiro atoms. The van der Waals surface area contributed by atoms with Crippen molar-refractivity contribution in [1.29, 1.82) is 0 Å². The maximum absolute atomic E-state index is 12.8. The molecule has 4 amide bonds. The number of rotatable bonds is 4. The van der Waals surface area contributed by atoms with E-state index < -0.39 is 33.4 Å². The van der Waals surface area contributed by atoms with E-state index >= 15 is 0 Å². The zero-order valence-electron chi connectivity index (χ0n) is 16.1. The van der Waals surface area contributed by atoms with E-state index in [0.29, 0.717) is 18.8 Å². The van der Waals surface area contributed by atoms with Crippen LogP contribution in [-0.4, -0.2) is 55.2 Å². The minimum atomic E-state index is -3.61. The van der Waals surface area contributed by atoms with Crippen molar-refractivity contribution in [3.8, 4) is 0 Å². The molecule has 10 heteroatoms. The number of carbonyl (C=O) groups excluding carboxylic acids is 3. The van der Waals surface area contributed by atoms with Gasteiger partial charge in [-0.25, -0.2) is 17.5 Å². The molecule has 9 nitrogen and oxygen atoms in total. The van der Waals surface area contributed by atoms with Crippen LogP contribution in [0.25, 0.3) is 0 Å². The molecule has 3 rings (SSSR count). The summed E-state index contributed by atoms with van der Waals surface area (Å²) < 4.78 is 25.3. The summed E-state index contributed by atoms with van der Waals surface area (Å²) in [6.07, 6.45) is 2.75. The average molecular weight is 408 g/mol. The summed E-state index contributed by atoms with van der Waals surface area (Å²) in [5.41, 5.74) is 1.52. The minimum Gasteiger partial charge on any atom is -0.322 e. The lowest BCUT2D eigenvalue weighted by Gasteiger charge is -2.33. The molecule has 1 aromatic rings. The fourth-order valence-electron chi connectivity index (χ4n) is 3.47. The third kappa shape index (κ3) is 3.49. The van der Waals surface area contributed by atoms with Crippen molar-refractivity contribution in [1.82, 2.24) is 20.1 Å². The first kappa shape index (κ1) is 20.3. The van der Waals surface area contributed by atoms with E-state index in [0.717, 1.165) is 22.2 Å². The van der Waals surface area contributed by atoms with Gasteiger partial charge in [-0.1, -0.05) is 6.92 Å². The number of benzene rings is 1. The lowest BCUT2D eigenvalue weighted by atomic mass is 9.77. The van der Waals surface area contributed by atoms with Crippen LogP contribution in [0.5, 0.6) is 0 Å². The van der Waals surface area contributed by atoms with E-state index in [9.17, 15) is 22.8 Å². The highest BCUT2D eigenvalue weighted by Crippen LogP contribution is 2.35. The molecule has 1 saturated carbocycles. The zero-order chi connectivity index (χ0) is 20.7. The molecule has 1 aliphatic carbocycles. The monoisotopic (exact) mass is 408 g/mol. The van der Waals surface area contributed by atoms with E-state index in [-0.39, 0.29) is 10.5 Å². The molecule has 1 saturated heterocycles. The van der Waals surface area contributed by atoms with E-state index in [1.807, 2.05) is 0 Å². The summed E-state index contributed by atoms with van der Waals surface area (Å²) in [6, 6.07) is 4.63.